The number of fused-ring (bicyclic) bond motifs is 1. The van der Waals surface area contributed by atoms with Crippen LogP contribution in [0, 0.1) is 0 Å². The molecule has 3 rings (SSSR count). The van der Waals surface area contributed by atoms with Gasteiger partial charge in [0.2, 0.25) is 0 Å². The van der Waals surface area contributed by atoms with Gasteiger partial charge in [-0.15, -0.1) is 0 Å². The Morgan fingerprint density at radius 2 is 2.10 bits per heavy atom. The van der Waals surface area contributed by atoms with Crippen LogP contribution in [0.25, 0.3) is 0 Å². The summed E-state index contributed by atoms with van der Waals surface area (Å²) in [6.07, 6.45) is 5.78. The second-order valence-electron chi connectivity index (χ2n) is 5.70. The van der Waals surface area contributed by atoms with Crippen LogP contribution in [0.2, 0.25) is 0 Å². The number of benzene rings is 1. The number of nitrogens with two attached hydrogens (primary N) is 1. The molecule has 0 saturated carbocycles. The molecule has 21 heavy (non-hydrogen) atoms. The standard InChI is InChI=1S/C17H22N4/c1-3-6-14-16(18)19-11-20-17(14)21-12(2)9-10-13-7-4-5-8-15(13)21/h4-5,7-8,11-12H,3,6,9-10H2,1-2H3,(H2,18,19,20). The molecule has 4 heteroatoms. The van der Waals surface area contributed by atoms with Crippen molar-refractivity contribution in [1.29, 1.82) is 0 Å². The van der Waals surface area contributed by atoms with Gasteiger partial charge < -0.3 is 10.6 Å². The number of anilines is 3. The molecule has 0 spiro atoms. The summed E-state index contributed by atoms with van der Waals surface area (Å²) in [6.45, 7) is 4.41. The third kappa shape index (κ3) is 2.46. The lowest BCUT2D eigenvalue weighted by molar-refractivity contribution is 0.610. The summed E-state index contributed by atoms with van der Waals surface area (Å²) in [6, 6.07) is 9.00. The van der Waals surface area contributed by atoms with Gasteiger partial charge in [-0.05, 0) is 37.8 Å². The highest BCUT2D eigenvalue weighted by Crippen LogP contribution is 2.38. The van der Waals surface area contributed by atoms with Gasteiger partial charge in [-0.2, -0.15) is 0 Å². The Labute approximate surface area is 126 Å². The van der Waals surface area contributed by atoms with Crippen molar-refractivity contribution in [3.63, 3.8) is 0 Å². The smallest absolute Gasteiger partial charge is 0.142 e. The molecule has 2 aromatic rings. The second kappa shape index (κ2) is 5.72. The van der Waals surface area contributed by atoms with Gasteiger partial charge in [-0.25, -0.2) is 9.97 Å². The van der Waals surface area contributed by atoms with Crippen molar-refractivity contribution in [1.82, 2.24) is 9.97 Å². The van der Waals surface area contributed by atoms with E-state index < -0.39 is 0 Å². The average molecular weight is 282 g/mol. The third-order valence-corrected chi connectivity index (χ3v) is 4.21. The monoisotopic (exact) mass is 282 g/mol. The van der Waals surface area contributed by atoms with Crippen LogP contribution >= 0.6 is 0 Å². The maximum Gasteiger partial charge on any atom is 0.142 e. The molecular formula is C17H22N4. The van der Waals surface area contributed by atoms with Crippen molar-refractivity contribution in [3.8, 4) is 0 Å². The predicted molar refractivity (Wildman–Crippen MR) is 86.8 cm³/mol. The zero-order valence-corrected chi connectivity index (χ0v) is 12.7. The molecule has 0 fully saturated rings. The Kier molecular flexibility index (Phi) is 3.78. The number of para-hydroxylation sites is 1. The van der Waals surface area contributed by atoms with Gasteiger partial charge in [0.05, 0.1) is 0 Å². The van der Waals surface area contributed by atoms with Crippen molar-refractivity contribution in [3.05, 3.63) is 41.7 Å². The van der Waals surface area contributed by atoms with Crippen molar-refractivity contribution in [2.45, 2.75) is 45.6 Å². The lowest BCUT2D eigenvalue weighted by Gasteiger charge is -2.37. The van der Waals surface area contributed by atoms with Gasteiger partial charge >= 0.3 is 0 Å². The van der Waals surface area contributed by atoms with Gasteiger partial charge in [-0.1, -0.05) is 31.5 Å². The first-order valence-electron chi connectivity index (χ1n) is 7.68. The highest BCUT2D eigenvalue weighted by Gasteiger charge is 2.27. The van der Waals surface area contributed by atoms with E-state index in [1.165, 1.54) is 11.3 Å². The second-order valence-corrected chi connectivity index (χ2v) is 5.70. The lowest BCUT2D eigenvalue weighted by atomic mass is 9.96. The fraction of sp³-hybridized carbons (Fsp3) is 0.412. The fourth-order valence-electron chi connectivity index (χ4n) is 3.12. The Morgan fingerprint density at radius 1 is 1.29 bits per heavy atom. The highest BCUT2D eigenvalue weighted by molar-refractivity contribution is 5.70. The molecule has 0 bridgehead atoms. The minimum Gasteiger partial charge on any atom is -0.383 e. The third-order valence-electron chi connectivity index (χ3n) is 4.21. The summed E-state index contributed by atoms with van der Waals surface area (Å²) in [5.74, 6) is 1.58. The summed E-state index contributed by atoms with van der Waals surface area (Å²) in [7, 11) is 0. The molecule has 0 amide bonds. The number of aromatic nitrogens is 2. The summed E-state index contributed by atoms with van der Waals surface area (Å²) in [5, 5.41) is 0. The zero-order chi connectivity index (χ0) is 14.8. The van der Waals surface area contributed by atoms with Crippen LogP contribution < -0.4 is 10.6 Å². The molecule has 0 saturated heterocycles. The summed E-state index contributed by atoms with van der Waals surface area (Å²) in [4.78, 5) is 11.1. The molecule has 1 aliphatic heterocycles. The maximum absolute atomic E-state index is 6.10. The average Bonchev–Trinajstić information content (AvgIpc) is 2.50. The number of hydrogen-bond acceptors (Lipinski definition) is 4. The Bertz CT molecular complexity index is 638. The predicted octanol–water partition coefficient (Wildman–Crippen LogP) is 3.48. The quantitative estimate of drug-likeness (QED) is 0.936. The first kappa shape index (κ1) is 13.9. The number of nitrogens with zero attached hydrogens (tertiary/aromatic N) is 3. The van der Waals surface area contributed by atoms with E-state index in [9.17, 15) is 0 Å². The molecule has 1 aromatic heterocycles. The zero-order valence-electron chi connectivity index (χ0n) is 12.7. The van der Waals surface area contributed by atoms with Crippen molar-refractivity contribution >= 4 is 17.3 Å². The molecule has 1 atom stereocenters. The minimum absolute atomic E-state index is 0.421. The number of aryl methyl sites for hydroxylation is 1. The van der Waals surface area contributed by atoms with E-state index in [1.807, 2.05) is 0 Å². The van der Waals surface area contributed by atoms with Crippen LogP contribution in [-0.4, -0.2) is 16.0 Å². The summed E-state index contributed by atoms with van der Waals surface area (Å²) in [5.41, 5.74) is 9.82. The van der Waals surface area contributed by atoms with Crippen LogP contribution in [0.5, 0.6) is 0 Å². The Morgan fingerprint density at radius 3 is 2.90 bits per heavy atom. The molecule has 2 heterocycles. The molecule has 1 unspecified atom stereocenters. The number of nitrogen functional groups attached to an aromatic ring is 1. The van der Waals surface area contributed by atoms with Crippen LogP contribution in [0.15, 0.2) is 30.6 Å². The van der Waals surface area contributed by atoms with Gasteiger partial charge in [0.1, 0.15) is 18.0 Å². The van der Waals surface area contributed by atoms with E-state index in [0.29, 0.717) is 11.9 Å². The molecule has 1 aliphatic rings. The maximum atomic E-state index is 6.10. The normalized spacial score (nSPS) is 17.6. The molecule has 110 valence electrons. The van der Waals surface area contributed by atoms with Gasteiger partial charge in [0.15, 0.2) is 0 Å². The molecule has 2 N–H and O–H groups in total. The minimum atomic E-state index is 0.421. The first-order valence-corrected chi connectivity index (χ1v) is 7.68. The topological polar surface area (TPSA) is 55.0 Å². The number of hydrogen-bond donors (Lipinski definition) is 1. The van der Waals surface area contributed by atoms with E-state index in [0.717, 1.165) is 37.1 Å². The van der Waals surface area contributed by atoms with Gasteiger partial charge in [0.25, 0.3) is 0 Å². The van der Waals surface area contributed by atoms with E-state index >= 15 is 0 Å². The van der Waals surface area contributed by atoms with Crippen molar-refractivity contribution in [2.24, 2.45) is 0 Å². The molecule has 0 aliphatic carbocycles. The lowest BCUT2D eigenvalue weighted by Crippen LogP contribution is -2.34. The SMILES string of the molecule is CCCc1c(N)ncnc1N1c2ccccc2CCC1C. The largest absolute Gasteiger partial charge is 0.383 e. The van der Waals surface area contributed by atoms with E-state index in [4.69, 9.17) is 5.73 Å². The summed E-state index contributed by atoms with van der Waals surface area (Å²) >= 11 is 0. The van der Waals surface area contributed by atoms with Crippen LogP contribution in [0.3, 0.4) is 0 Å². The number of rotatable bonds is 3. The molecule has 1 aromatic carbocycles. The van der Waals surface area contributed by atoms with Gasteiger partial charge in [-0.3, -0.25) is 0 Å². The Balaban J connectivity index is 2.14. The Hall–Kier alpha value is -2.10. The molecular weight excluding hydrogens is 260 g/mol. The summed E-state index contributed by atoms with van der Waals surface area (Å²) < 4.78 is 0. The van der Waals surface area contributed by atoms with E-state index in [-0.39, 0.29) is 0 Å². The van der Waals surface area contributed by atoms with E-state index in [2.05, 4.69) is 53.0 Å². The van der Waals surface area contributed by atoms with E-state index in [1.54, 1.807) is 6.33 Å². The first-order chi connectivity index (χ1) is 10.2. The molecule has 0 radical (unpaired) electrons. The van der Waals surface area contributed by atoms with Crippen molar-refractivity contribution in [2.75, 3.05) is 10.6 Å². The van der Waals surface area contributed by atoms with Crippen LogP contribution in [0.4, 0.5) is 17.3 Å². The molecule has 4 nitrogen and oxygen atoms in total. The fourth-order valence-corrected chi connectivity index (χ4v) is 3.12. The van der Waals surface area contributed by atoms with Crippen LogP contribution in [0.1, 0.15) is 37.8 Å². The van der Waals surface area contributed by atoms with Crippen LogP contribution in [-0.2, 0) is 12.8 Å². The highest BCUT2D eigenvalue weighted by atomic mass is 15.2. The van der Waals surface area contributed by atoms with Gasteiger partial charge in [0, 0.05) is 17.3 Å². The van der Waals surface area contributed by atoms with Crippen molar-refractivity contribution < 1.29 is 0 Å².